The van der Waals surface area contributed by atoms with Gasteiger partial charge in [0.15, 0.2) is 16.8 Å². The maximum absolute atomic E-state index is 13.2. The summed E-state index contributed by atoms with van der Waals surface area (Å²) in [5.74, 6) is -1.56. The van der Waals surface area contributed by atoms with Crippen LogP contribution in [0.15, 0.2) is 24.4 Å². The lowest BCUT2D eigenvalue weighted by Crippen LogP contribution is -2.28. The molecule has 0 unspecified atom stereocenters. The van der Waals surface area contributed by atoms with E-state index in [2.05, 4.69) is 10.3 Å². The molecule has 1 saturated carbocycles. The number of carbonyl (C=O) groups is 1. The lowest BCUT2D eigenvalue weighted by atomic mass is 10.00. The van der Waals surface area contributed by atoms with Crippen molar-refractivity contribution in [2.24, 2.45) is 11.7 Å². The zero-order chi connectivity index (χ0) is 17.1. The number of rotatable bonds is 5. The second-order valence-electron chi connectivity index (χ2n) is 6.16. The molecular weight excluding hydrogens is 332 g/mol. The molecule has 0 bridgehead atoms. The van der Waals surface area contributed by atoms with Crippen molar-refractivity contribution in [3.05, 3.63) is 46.5 Å². The minimum atomic E-state index is -0.863. The van der Waals surface area contributed by atoms with Crippen LogP contribution in [-0.4, -0.2) is 16.9 Å². The largest absolute Gasteiger partial charge is 0.327 e. The van der Waals surface area contributed by atoms with Gasteiger partial charge in [-0.2, -0.15) is 0 Å². The standard InChI is InChI=1S/C17H19F2N3OS/c18-13-5-4-10(7-14(13)19)6-12-9-21-17(24-12)22-16(23)8-11-2-1-3-15(11)20/h4-5,7,9,11,15H,1-3,6,8,20H2,(H,21,22,23)/t11-,15+/m0/s1. The fourth-order valence-corrected chi connectivity index (χ4v) is 3.89. The zero-order valence-corrected chi connectivity index (χ0v) is 13.9. The van der Waals surface area contributed by atoms with E-state index in [4.69, 9.17) is 5.73 Å². The highest BCUT2D eigenvalue weighted by molar-refractivity contribution is 7.15. The molecule has 0 radical (unpaired) electrons. The summed E-state index contributed by atoms with van der Waals surface area (Å²) < 4.78 is 26.2. The molecule has 1 aromatic carbocycles. The Balaban J connectivity index is 1.56. The number of benzene rings is 1. The molecule has 1 aliphatic rings. The highest BCUT2D eigenvalue weighted by atomic mass is 32.1. The van der Waals surface area contributed by atoms with Crippen LogP contribution in [0.5, 0.6) is 0 Å². The van der Waals surface area contributed by atoms with Gasteiger partial charge in [0.1, 0.15) is 0 Å². The topological polar surface area (TPSA) is 68.0 Å². The van der Waals surface area contributed by atoms with Gasteiger partial charge in [0.2, 0.25) is 5.91 Å². The van der Waals surface area contributed by atoms with Crippen molar-refractivity contribution in [2.75, 3.05) is 5.32 Å². The van der Waals surface area contributed by atoms with E-state index in [0.29, 0.717) is 23.5 Å². The summed E-state index contributed by atoms with van der Waals surface area (Å²) in [5, 5.41) is 3.31. The van der Waals surface area contributed by atoms with Crippen molar-refractivity contribution >= 4 is 22.4 Å². The van der Waals surface area contributed by atoms with Gasteiger partial charge in [-0.1, -0.05) is 12.5 Å². The second-order valence-corrected chi connectivity index (χ2v) is 7.28. The van der Waals surface area contributed by atoms with E-state index in [-0.39, 0.29) is 17.9 Å². The van der Waals surface area contributed by atoms with E-state index in [0.717, 1.165) is 30.2 Å². The average Bonchev–Trinajstić information content (AvgIpc) is 3.13. The Kier molecular flexibility index (Phi) is 5.20. The van der Waals surface area contributed by atoms with Crippen molar-refractivity contribution in [3.8, 4) is 0 Å². The quantitative estimate of drug-likeness (QED) is 0.867. The first-order chi connectivity index (χ1) is 11.5. The number of aromatic nitrogens is 1. The van der Waals surface area contributed by atoms with E-state index < -0.39 is 11.6 Å². The molecule has 2 aromatic rings. The SMILES string of the molecule is N[C@@H]1CCC[C@H]1CC(=O)Nc1ncc(Cc2ccc(F)c(F)c2)s1. The molecule has 1 heterocycles. The van der Waals surface area contributed by atoms with E-state index >= 15 is 0 Å². The Morgan fingerprint density at radius 1 is 1.33 bits per heavy atom. The maximum Gasteiger partial charge on any atom is 0.226 e. The Hall–Kier alpha value is -1.86. The first-order valence-corrected chi connectivity index (χ1v) is 8.77. The third-order valence-electron chi connectivity index (χ3n) is 4.33. The number of thiazole rings is 1. The molecule has 0 aliphatic heterocycles. The van der Waals surface area contributed by atoms with Crippen LogP contribution in [0, 0.1) is 17.6 Å². The van der Waals surface area contributed by atoms with E-state index in [1.165, 1.54) is 23.5 Å². The van der Waals surface area contributed by atoms with Gasteiger partial charge in [-0.05, 0) is 36.5 Å². The molecule has 7 heteroatoms. The normalized spacial score (nSPS) is 20.3. The number of hydrogen-bond acceptors (Lipinski definition) is 4. The summed E-state index contributed by atoms with van der Waals surface area (Å²) in [6.07, 6.45) is 5.55. The zero-order valence-electron chi connectivity index (χ0n) is 13.1. The molecule has 3 N–H and O–H groups in total. The average molecular weight is 351 g/mol. The predicted molar refractivity (Wildman–Crippen MR) is 89.8 cm³/mol. The fraction of sp³-hybridized carbons (Fsp3) is 0.412. The molecule has 1 amide bonds. The summed E-state index contributed by atoms with van der Waals surface area (Å²) in [6.45, 7) is 0. The number of anilines is 1. The van der Waals surface area contributed by atoms with Crippen molar-refractivity contribution in [1.82, 2.24) is 4.98 Å². The van der Waals surface area contributed by atoms with E-state index in [1.54, 1.807) is 6.20 Å². The lowest BCUT2D eigenvalue weighted by molar-refractivity contribution is -0.117. The molecule has 1 aromatic heterocycles. The first-order valence-electron chi connectivity index (χ1n) is 7.95. The van der Waals surface area contributed by atoms with Gasteiger partial charge in [0, 0.05) is 30.0 Å². The second kappa shape index (κ2) is 7.36. The summed E-state index contributed by atoms with van der Waals surface area (Å²) in [4.78, 5) is 17.1. The molecule has 0 saturated heterocycles. The number of amides is 1. The molecule has 128 valence electrons. The molecule has 24 heavy (non-hydrogen) atoms. The maximum atomic E-state index is 13.2. The van der Waals surface area contributed by atoms with Crippen molar-refractivity contribution in [3.63, 3.8) is 0 Å². The van der Waals surface area contributed by atoms with Crippen molar-refractivity contribution < 1.29 is 13.6 Å². The van der Waals surface area contributed by atoms with Gasteiger partial charge in [-0.25, -0.2) is 13.8 Å². The fourth-order valence-electron chi connectivity index (χ4n) is 3.03. The Morgan fingerprint density at radius 2 is 2.17 bits per heavy atom. The van der Waals surface area contributed by atoms with Crippen LogP contribution in [0.25, 0.3) is 0 Å². The molecule has 1 fully saturated rings. The van der Waals surface area contributed by atoms with Gasteiger partial charge < -0.3 is 11.1 Å². The Labute approximate surface area is 143 Å². The monoisotopic (exact) mass is 351 g/mol. The summed E-state index contributed by atoms with van der Waals surface area (Å²) in [6, 6.07) is 3.93. The van der Waals surface area contributed by atoms with Crippen LogP contribution in [-0.2, 0) is 11.2 Å². The van der Waals surface area contributed by atoms with Gasteiger partial charge in [-0.3, -0.25) is 4.79 Å². The van der Waals surface area contributed by atoms with Crippen LogP contribution >= 0.6 is 11.3 Å². The number of hydrogen-bond donors (Lipinski definition) is 2. The molecule has 4 nitrogen and oxygen atoms in total. The third-order valence-corrected chi connectivity index (χ3v) is 5.24. The first kappa shape index (κ1) is 17.0. The minimum absolute atomic E-state index is 0.0777. The smallest absolute Gasteiger partial charge is 0.226 e. The number of carbonyl (C=O) groups excluding carboxylic acids is 1. The molecule has 2 atom stereocenters. The number of nitrogens with zero attached hydrogens (tertiary/aromatic N) is 1. The van der Waals surface area contributed by atoms with Crippen LogP contribution in [0.1, 0.15) is 36.1 Å². The third kappa shape index (κ3) is 4.15. The van der Waals surface area contributed by atoms with Crippen molar-refractivity contribution in [1.29, 1.82) is 0 Å². The van der Waals surface area contributed by atoms with Crippen molar-refractivity contribution in [2.45, 2.75) is 38.1 Å². The minimum Gasteiger partial charge on any atom is -0.327 e. The molecule has 0 spiro atoms. The van der Waals surface area contributed by atoms with Crippen LogP contribution in [0.3, 0.4) is 0 Å². The highest BCUT2D eigenvalue weighted by Gasteiger charge is 2.26. The van der Waals surface area contributed by atoms with Crippen LogP contribution in [0.4, 0.5) is 13.9 Å². The van der Waals surface area contributed by atoms with Gasteiger partial charge >= 0.3 is 0 Å². The van der Waals surface area contributed by atoms with Gasteiger partial charge in [0.25, 0.3) is 0 Å². The molecular formula is C17H19F2N3OS. The van der Waals surface area contributed by atoms with Gasteiger partial charge in [-0.15, -0.1) is 11.3 Å². The summed E-state index contributed by atoms with van der Waals surface area (Å²) in [5.41, 5.74) is 6.64. The van der Waals surface area contributed by atoms with Crippen LogP contribution in [0.2, 0.25) is 0 Å². The highest BCUT2D eigenvalue weighted by Crippen LogP contribution is 2.28. The van der Waals surface area contributed by atoms with E-state index in [1.807, 2.05) is 0 Å². The summed E-state index contributed by atoms with van der Waals surface area (Å²) >= 11 is 1.33. The van der Waals surface area contributed by atoms with E-state index in [9.17, 15) is 13.6 Å². The Bertz CT molecular complexity index is 734. The molecule has 1 aliphatic carbocycles. The van der Waals surface area contributed by atoms with Gasteiger partial charge in [0.05, 0.1) is 0 Å². The number of halogens is 2. The number of nitrogens with one attached hydrogen (secondary N) is 1. The summed E-state index contributed by atoms with van der Waals surface area (Å²) in [7, 11) is 0. The lowest BCUT2D eigenvalue weighted by Gasteiger charge is -2.13. The molecule has 3 rings (SSSR count). The predicted octanol–water partition coefficient (Wildman–Crippen LogP) is 3.47. The Morgan fingerprint density at radius 3 is 2.88 bits per heavy atom. The van der Waals surface area contributed by atoms with Crippen LogP contribution < -0.4 is 11.1 Å². The number of nitrogens with two attached hydrogens (primary N) is 1.